The first-order valence-electron chi connectivity index (χ1n) is 10.3. The minimum atomic E-state index is -0.278. The van der Waals surface area contributed by atoms with E-state index in [1.54, 1.807) is 19.2 Å². The number of benzene rings is 1. The zero-order valence-corrected chi connectivity index (χ0v) is 17.2. The largest absolute Gasteiger partial charge is 0.496 e. The highest BCUT2D eigenvalue weighted by Crippen LogP contribution is 2.22. The van der Waals surface area contributed by atoms with Crippen LogP contribution in [0.2, 0.25) is 0 Å². The minimum Gasteiger partial charge on any atom is -0.496 e. The maximum absolute atomic E-state index is 13.0. The molecule has 0 radical (unpaired) electrons. The van der Waals surface area contributed by atoms with Crippen LogP contribution in [-0.2, 0) is 6.42 Å². The Kier molecular flexibility index (Phi) is 7.22. The number of amides is 2. The van der Waals surface area contributed by atoms with Crippen LogP contribution in [0.3, 0.4) is 0 Å². The van der Waals surface area contributed by atoms with Crippen molar-refractivity contribution in [3.05, 3.63) is 59.4 Å². The molecule has 1 N–H and O–H groups in total. The van der Waals surface area contributed by atoms with Gasteiger partial charge in [-0.3, -0.25) is 14.6 Å². The van der Waals surface area contributed by atoms with Gasteiger partial charge in [0.1, 0.15) is 11.4 Å². The quantitative estimate of drug-likeness (QED) is 0.779. The standard InChI is InChI=1S/C23H29N3O3/c1-3-19-9-6-7-15-26(19)23(28)18-12-13-24-20(16-18)22(27)25-14-11-17-8-4-5-10-21(17)29-2/h4-5,8,10,12-13,16,19H,3,6-7,9,11,14-15H2,1-2H3,(H,25,27). The number of methoxy groups -OCH3 is 1. The molecule has 29 heavy (non-hydrogen) atoms. The fraction of sp³-hybridized carbons (Fsp3) is 0.435. The third-order valence-electron chi connectivity index (χ3n) is 5.47. The summed E-state index contributed by atoms with van der Waals surface area (Å²) >= 11 is 0. The van der Waals surface area contributed by atoms with Gasteiger partial charge in [-0.15, -0.1) is 0 Å². The SMILES string of the molecule is CCC1CCCCN1C(=O)c1ccnc(C(=O)NCCc2ccccc2OC)c1. The molecule has 1 aromatic carbocycles. The fourth-order valence-electron chi connectivity index (χ4n) is 3.86. The number of pyridine rings is 1. The van der Waals surface area contributed by atoms with Crippen molar-refractivity contribution < 1.29 is 14.3 Å². The number of hydrogen-bond acceptors (Lipinski definition) is 4. The van der Waals surface area contributed by atoms with E-state index in [4.69, 9.17) is 4.74 Å². The summed E-state index contributed by atoms with van der Waals surface area (Å²) in [6.45, 7) is 3.35. The monoisotopic (exact) mass is 395 g/mol. The molecule has 1 aromatic heterocycles. The Labute approximate surface area is 172 Å². The smallest absolute Gasteiger partial charge is 0.269 e. The fourth-order valence-corrected chi connectivity index (χ4v) is 3.86. The number of rotatable bonds is 7. The summed E-state index contributed by atoms with van der Waals surface area (Å²) in [5.41, 5.74) is 1.82. The van der Waals surface area contributed by atoms with Gasteiger partial charge in [-0.2, -0.15) is 0 Å². The Morgan fingerprint density at radius 2 is 2.07 bits per heavy atom. The van der Waals surface area contributed by atoms with Crippen LogP contribution in [0.4, 0.5) is 0 Å². The van der Waals surface area contributed by atoms with Crippen LogP contribution in [-0.4, -0.2) is 47.9 Å². The molecule has 6 heteroatoms. The van der Waals surface area contributed by atoms with Crippen LogP contribution < -0.4 is 10.1 Å². The van der Waals surface area contributed by atoms with Gasteiger partial charge in [-0.25, -0.2) is 0 Å². The number of nitrogens with zero attached hydrogens (tertiary/aromatic N) is 2. The normalized spacial score (nSPS) is 16.3. The van der Waals surface area contributed by atoms with E-state index < -0.39 is 0 Å². The van der Waals surface area contributed by atoms with Crippen molar-refractivity contribution in [2.45, 2.75) is 45.1 Å². The molecule has 1 saturated heterocycles. The zero-order valence-electron chi connectivity index (χ0n) is 17.2. The van der Waals surface area contributed by atoms with Crippen molar-refractivity contribution in [1.29, 1.82) is 0 Å². The molecule has 1 atom stereocenters. The van der Waals surface area contributed by atoms with E-state index in [2.05, 4.69) is 17.2 Å². The van der Waals surface area contributed by atoms with Crippen LogP contribution in [0.25, 0.3) is 0 Å². The van der Waals surface area contributed by atoms with Crippen LogP contribution in [0.1, 0.15) is 59.0 Å². The average molecular weight is 396 g/mol. The van der Waals surface area contributed by atoms with Gasteiger partial charge in [0.15, 0.2) is 0 Å². The molecule has 1 fully saturated rings. The van der Waals surface area contributed by atoms with Crippen molar-refractivity contribution in [3.8, 4) is 5.75 Å². The van der Waals surface area contributed by atoms with E-state index in [0.29, 0.717) is 18.5 Å². The minimum absolute atomic E-state index is 0.0120. The summed E-state index contributed by atoms with van der Waals surface area (Å²) in [5.74, 6) is 0.515. The van der Waals surface area contributed by atoms with E-state index in [-0.39, 0.29) is 23.6 Å². The van der Waals surface area contributed by atoms with Gasteiger partial charge in [0, 0.05) is 30.9 Å². The molecule has 0 bridgehead atoms. The predicted octanol–water partition coefficient (Wildman–Crippen LogP) is 3.47. The second-order valence-corrected chi connectivity index (χ2v) is 7.30. The number of aromatic nitrogens is 1. The molecular formula is C23H29N3O3. The zero-order chi connectivity index (χ0) is 20.6. The molecule has 1 unspecified atom stereocenters. The number of hydrogen-bond donors (Lipinski definition) is 1. The van der Waals surface area contributed by atoms with Crippen molar-refractivity contribution in [3.63, 3.8) is 0 Å². The molecule has 6 nitrogen and oxygen atoms in total. The second kappa shape index (κ2) is 10.0. The van der Waals surface area contributed by atoms with E-state index in [9.17, 15) is 9.59 Å². The number of piperidine rings is 1. The Morgan fingerprint density at radius 1 is 1.24 bits per heavy atom. The second-order valence-electron chi connectivity index (χ2n) is 7.30. The van der Waals surface area contributed by atoms with Crippen molar-refractivity contribution >= 4 is 11.8 Å². The van der Waals surface area contributed by atoms with Gasteiger partial charge in [-0.05, 0) is 55.9 Å². The van der Waals surface area contributed by atoms with E-state index in [1.807, 2.05) is 29.2 Å². The lowest BCUT2D eigenvalue weighted by atomic mass is 9.99. The first-order chi connectivity index (χ1) is 14.1. The summed E-state index contributed by atoms with van der Waals surface area (Å²) in [6.07, 6.45) is 6.38. The molecular weight excluding hydrogens is 366 g/mol. The highest BCUT2D eigenvalue weighted by Gasteiger charge is 2.26. The molecule has 0 spiro atoms. The molecule has 2 aromatic rings. The maximum Gasteiger partial charge on any atom is 0.269 e. The molecule has 1 aliphatic heterocycles. The molecule has 3 rings (SSSR count). The highest BCUT2D eigenvalue weighted by molar-refractivity contribution is 5.98. The lowest BCUT2D eigenvalue weighted by Gasteiger charge is -2.35. The molecule has 2 heterocycles. The van der Waals surface area contributed by atoms with Crippen molar-refractivity contribution in [2.24, 2.45) is 0 Å². The molecule has 0 saturated carbocycles. The molecule has 1 aliphatic rings. The van der Waals surface area contributed by atoms with Crippen LogP contribution in [0.5, 0.6) is 5.75 Å². The van der Waals surface area contributed by atoms with Gasteiger partial charge in [0.05, 0.1) is 7.11 Å². The number of carbonyl (C=O) groups is 2. The topological polar surface area (TPSA) is 71.5 Å². The lowest BCUT2D eigenvalue weighted by Crippen LogP contribution is -2.43. The first kappa shape index (κ1) is 20.8. The van der Waals surface area contributed by atoms with E-state index >= 15 is 0 Å². The summed E-state index contributed by atoms with van der Waals surface area (Å²) in [7, 11) is 1.63. The molecule has 154 valence electrons. The van der Waals surface area contributed by atoms with E-state index in [0.717, 1.165) is 37.1 Å². The lowest BCUT2D eigenvalue weighted by molar-refractivity contribution is 0.0608. The molecule has 2 amide bonds. The number of carbonyl (C=O) groups excluding carboxylic acids is 2. The Morgan fingerprint density at radius 3 is 2.86 bits per heavy atom. The third kappa shape index (κ3) is 5.13. The van der Waals surface area contributed by atoms with Crippen LogP contribution >= 0.6 is 0 Å². The third-order valence-corrected chi connectivity index (χ3v) is 5.47. The Balaban J connectivity index is 1.62. The Hall–Kier alpha value is -2.89. The summed E-state index contributed by atoms with van der Waals surface area (Å²) in [5, 5.41) is 2.88. The van der Waals surface area contributed by atoms with Crippen molar-refractivity contribution in [2.75, 3.05) is 20.2 Å². The van der Waals surface area contributed by atoms with Gasteiger partial charge >= 0.3 is 0 Å². The predicted molar refractivity (Wildman–Crippen MR) is 112 cm³/mol. The van der Waals surface area contributed by atoms with Gasteiger partial charge in [0.2, 0.25) is 0 Å². The van der Waals surface area contributed by atoms with Crippen molar-refractivity contribution in [1.82, 2.24) is 15.2 Å². The number of likely N-dealkylation sites (tertiary alicyclic amines) is 1. The Bertz CT molecular complexity index is 853. The first-order valence-corrected chi connectivity index (χ1v) is 10.3. The number of nitrogens with one attached hydrogen (secondary N) is 1. The summed E-state index contributed by atoms with van der Waals surface area (Å²) < 4.78 is 5.34. The van der Waals surface area contributed by atoms with Gasteiger partial charge in [-0.1, -0.05) is 25.1 Å². The average Bonchev–Trinajstić information content (AvgIpc) is 2.78. The summed E-state index contributed by atoms with van der Waals surface area (Å²) in [4.78, 5) is 31.6. The van der Waals surface area contributed by atoms with Crippen LogP contribution in [0.15, 0.2) is 42.6 Å². The number of ether oxygens (including phenoxy) is 1. The van der Waals surface area contributed by atoms with Crippen LogP contribution in [0, 0.1) is 0 Å². The summed E-state index contributed by atoms with van der Waals surface area (Å²) in [6, 6.07) is 11.3. The molecule has 0 aliphatic carbocycles. The number of para-hydroxylation sites is 1. The van der Waals surface area contributed by atoms with Gasteiger partial charge < -0.3 is 15.0 Å². The van der Waals surface area contributed by atoms with E-state index in [1.165, 1.54) is 12.6 Å². The van der Waals surface area contributed by atoms with Gasteiger partial charge in [0.25, 0.3) is 11.8 Å². The highest BCUT2D eigenvalue weighted by atomic mass is 16.5. The maximum atomic E-state index is 13.0.